The number of aryl methyl sites for hydroxylation is 2. The first-order valence-corrected chi connectivity index (χ1v) is 7.38. The van der Waals surface area contributed by atoms with Gasteiger partial charge in [0.2, 0.25) is 10.0 Å². The summed E-state index contributed by atoms with van der Waals surface area (Å²) in [5.74, 6) is 0. The minimum Gasteiger partial charge on any atom is -0.271 e. The summed E-state index contributed by atoms with van der Waals surface area (Å²) in [5.41, 5.74) is 1.22. The van der Waals surface area contributed by atoms with Crippen molar-refractivity contribution in [1.29, 1.82) is 0 Å². The van der Waals surface area contributed by atoms with Gasteiger partial charge in [-0.25, -0.2) is 13.1 Å². The second kappa shape index (κ2) is 5.64. The third-order valence-corrected chi connectivity index (χ3v) is 4.50. The molecule has 0 spiro atoms. The van der Waals surface area contributed by atoms with Crippen LogP contribution < -0.4 is 4.72 Å². The van der Waals surface area contributed by atoms with Crippen LogP contribution in [-0.4, -0.2) is 24.7 Å². The number of nitrogens with one attached hydrogen (secondary N) is 1. The Bertz CT molecular complexity index is 477. The molecule has 0 fully saturated rings. The zero-order valence-corrected chi connectivity index (χ0v) is 11.8. The molecule has 98 valence electrons. The predicted molar refractivity (Wildman–Crippen MR) is 67.4 cm³/mol. The van der Waals surface area contributed by atoms with E-state index in [-0.39, 0.29) is 0 Å². The highest BCUT2D eigenvalue weighted by Gasteiger charge is 2.22. The van der Waals surface area contributed by atoms with Gasteiger partial charge in [-0.1, -0.05) is 19.8 Å². The maximum absolute atomic E-state index is 12.1. The lowest BCUT2D eigenvalue weighted by Crippen LogP contribution is -2.25. The molecule has 0 aromatic carbocycles. The highest BCUT2D eigenvalue weighted by Crippen LogP contribution is 2.18. The molecular weight excluding hydrogens is 238 g/mol. The summed E-state index contributed by atoms with van der Waals surface area (Å²) in [6.07, 6.45) is 2.98. The highest BCUT2D eigenvalue weighted by molar-refractivity contribution is 7.89. The molecule has 1 aromatic heterocycles. The van der Waals surface area contributed by atoms with Crippen molar-refractivity contribution in [3.8, 4) is 0 Å². The fourth-order valence-corrected chi connectivity index (χ4v) is 3.30. The Labute approximate surface area is 103 Å². The molecule has 0 aliphatic heterocycles. The first-order valence-electron chi connectivity index (χ1n) is 5.90. The second-order valence-corrected chi connectivity index (χ2v) is 5.93. The van der Waals surface area contributed by atoms with Crippen molar-refractivity contribution in [2.45, 2.75) is 44.9 Å². The third kappa shape index (κ3) is 3.29. The molecule has 1 aromatic rings. The summed E-state index contributed by atoms with van der Waals surface area (Å²) in [6, 6.07) is 0. The van der Waals surface area contributed by atoms with Crippen LogP contribution in [0.15, 0.2) is 4.90 Å². The molecule has 1 rings (SSSR count). The van der Waals surface area contributed by atoms with E-state index < -0.39 is 10.0 Å². The van der Waals surface area contributed by atoms with E-state index in [1.165, 1.54) is 0 Å². The SMILES string of the molecule is CCCCCNS(=O)(=O)c1c(C)nn(C)c1C. The van der Waals surface area contributed by atoms with Crippen molar-refractivity contribution in [1.82, 2.24) is 14.5 Å². The standard InChI is InChI=1S/C11H21N3O2S/c1-5-6-7-8-12-17(15,16)11-9(2)13-14(4)10(11)3/h12H,5-8H2,1-4H3. The minimum atomic E-state index is -3.41. The topological polar surface area (TPSA) is 64.0 Å². The number of hydrogen-bond acceptors (Lipinski definition) is 3. The lowest BCUT2D eigenvalue weighted by molar-refractivity contribution is 0.574. The van der Waals surface area contributed by atoms with Crippen LogP contribution in [0, 0.1) is 13.8 Å². The number of rotatable bonds is 6. The predicted octanol–water partition coefficient (Wildman–Crippen LogP) is 1.51. The quantitative estimate of drug-likeness (QED) is 0.788. The monoisotopic (exact) mass is 259 g/mol. The van der Waals surface area contributed by atoms with Crippen LogP contribution in [-0.2, 0) is 17.1 Å². The molecule has 5 nitrogen and oxygen atoms in total. The van der Waals surface area contributed by atoms with Crippen molar-refractivity contribution >= 4 is 10.0 Å². The van der Waals surface area contributed by atoms with Crippen molar-refractivity contribution in [3.63, 3.8) is 0 Å². The van der Waals surface area contributed by atoms with Gasteiger partial charge in [-0.05, 0) is 20.3 Å². The van der Waals surface area contributed by atoms with Gasteiger partial charge in [0.05, 0.1) is 11.4 Å². The van der Waals surface area contributed by atoms with Crippen molar-refractivity contribution < 1.29 is 8.42 Å². The first kappa shape index (κ1) is 14.2. The largest absolute Gasteiger partial charge is 0.271 e. The summed E-state index contributed by atoms with van der Waals surface area (Å²) >= 11 is 0. The van der Waals surface area contributed by atoms with E-state index in [0.717, 1.165) is 19.3 Å². The van der Waals surface area contributed by atoms with Gasteiger partial charge in [0.25, 0.3) is 0 Å². The van der Waals surface area contributed by atoms with Gasteiger partial charge in [-0.15, -0.1) is 0 Å². The molecule has 1 N–H and O–H groups in total. The third-order valence-electron chi connectivity index (χ3n) is 2.78. The van der Waals surface area contributed by atoms with Gasteiger partial charge < -0.3 is 0 Å². The van der Waals surface area contributed by atoms with E-state index in [9.17, 15) is 8.42 Å². The molecule has 0 radical (unpaired) electrons. The van der Waals surface area contributed by atoms with Gasteiger partial charge in [0.15, 0.2) is 0 Å². The molecule has 1 heterocycles. The second-order valence-electron chi connectivity index (χ2n) is 4.23. The molecule has 0 unspecified atom stereocenters. The number of hydrogen-bond donors (Lipinski definition) is 1. The number of nitrogens with zero attached hydrogens (tertiary/aromatic N) is 2. The fraction of sp³-hybridized carbons (Fsp3) is 0.727. The molecule has 0 saturated heterocycles. The van der Waals surface area contributed by atoms with Crippen LogP contribution in [0.5, 0.6) is 0 Å². The van der Waals surface area contributed by atoms with Crippen LogP contribution in [0.4, 0.5) is 0 Å². The molecular formula is C11H21N3O2S. The Morgan fingerprint density at radius 3 is 2.41 bits per heavy atom. The van der Waals surface area contributed by atoms with Crippen molar-refractivity contribution in [2.75, 3.05) is 6.54 Å². The molecule has 0 aliphatic carbocycles. The van der Waals surface area contributed by atoms with E-state index >= 15 is 0 Å². The number of unbranched alkanes of at least 4 members (excludes halogenated alkanes) is 2. The van der Waals surface area contributed by atoms with Gasteiger partial charge in [0, 0.05) is 13.6 Å². The summed E-state index contributed by atoms with van der Waals surface area (Å²) in [7, 11) is -1.67. The summed E-state index contributed by atoms with van der Waals surface area (Å²) < 4.78 is 28.4. The Balaban J connectivity index is 2.83. The smallest absolute Gasteiger partial charge is 0.244 e. The lowest BCUT2D eigenvalue weighted by atomic mass is 10.3. The summed E-state index contributed by atoms with van der Waals surface area (Å²) in [4.78, 5) is 0.316. The first-order chi connectivity index (χ1) is 7.90. The van der Waals surface area contributed by atoms with Crippen LogP contribution in [0.25, 0.3) is 0 Å². The number of sulfonamides is 1. The van der Waals surface area contributed by atoms with Gasteiger partial charge in [-0.3, -0.25) is 4.68 Å². The summed E-state index contributed by atoms with van der Waals surface area (Å²) in [5, 5.41) is 4.12. The van der Waals surface area contributed by atoms with Gasteiger partial charge in [-0.2, -0.15) is 5.10 Å². The Morgan fingerprint density at radius 1 is 1.29 bits per heavy atom. The van der Waals surface area contributed by atoms with Gasteiger partial charge >= 0.3 is 0 Å². The lowest BCUT2D eigenvalue weighted by Gasteiger charge is -2.06. The Kier molecular flexibility index (Phi) is 4.70. The van der Waals surface area contributed by atoms with E-state index in [0.29, 0.717) is 22.8 Å². The molecule has 0 aliphatic rings. The van der Waals surface area contributed by atoms with Crippen molar-refractivity contribution in [3.05, 3.63) is 11.4 Å². The fourth-order valence-electron chi connectivity index (χ4n) is 1.80. The maximum atomic E-state index is 12.1. The maximum Gasteiger partial charge on any atom is 0.244 e. The van der Waals surface area contributed by atoms with E-state index in [4.69, 9.17) is 0 Å². The van der Waals surface area contributed by atoms with Crippen LogP contribution in [0.2, 0.25) is 0 Å². The highest BCUT2D eigenvalue weighted by atomic mass is 32.2. The van der Waals surface area contributed by atoms with Crippen LogP contribution in [0.1, 0.15) is 37.6 Å². The zero-order chi connectivity index (χ0) is 13.1. The molecule has 0 bridgehead atoms. The molecule has 0 saturated carbocycles. The van der Waals surface area contributed by atoms with E-state index in [2.05, 4.69) is 16.7 Å². The van der Waals surface area contributed by atoms with Crippen LogP contribution >= 0.6 is 0 Å². The Hall–Kier alpha value is -0.880. The van der Waals surface area contributed by atoms with E-state index in [1.54, 1.807) is 25.6 Å². The van der Waals surface area contributed by atoms with Gasteiger partial charge in [0.1, 0.15) is 4.90 Å². The zero-order valence-electron chi connectivity index (χ0n) is 10.9. The number of aromatic nitrogens is 2. The molecule has 6 heteroatoms. The molecule has 0 amide bonds. The average molecular weight is 259 g/mol. The molecule has 0 atom stereocenters. The van der Waals surface area contributed by atoms with E-state index in [1.807, 2.05) is 0 Å². The molecule has 17 heavy (non-hydrogen) atoms. The van der Waals surface area contributed by atoms with Crippen molar-refractivity contribution in [2.24, 2.45) is 7.05 Å². The average Bonchev–Trinajstić information content (AvgIpc) is 2.48. The minimum absolute atomic E-state index is 0.316. The van der Waals surface area contributed by atoms with Crippen LogP contribution in [0.3, 0.4) is 0 Å². The normalized spacial score (nSPS) is 12.0. The summed E-state index contributed by atoms with van der Waals surface area (Å²) in [6.45, 7) is 6.06. The Morgan fingerprint density at radius 2 is 1.94 bits per heavy atom.